The Bertz CT molecular complexity index is 1090. The molecule has 33 heavy (non-hydrogen) atoms. The second-order valence-corrected chi connectivity index (χ2v) is 8.73. The van der Waals surface area contributed by atoms with E-state index < -0.39 is 47.2 Å². The molecule has 0 heterocycles. The normalized spacial score (nSPS) is 19.8. The number of benzene rings is 2. The van der Waals surface area contributed by atoms with Crippen LogP contribution >= 0.6 is 0 Å². The van der Waals surface area contributed by atoms with Crippen LogP contribution in [0.25, 0.3) is 0 Å². The highest BCUT2D eigenvalue weighted by Gasteiger charge is 2.62. The van der Waals surface area contributed by atoms with E-state index in [0.717, 1.165) is 6.08 Å². The number of nitriles is 1. The third-order valence-electron chi connectivity index (χ3n) is 5.52. The molecule has 0 unspecified atom stereocenters. The summed E-state index contributed by atoms with van der Waals surface area (Å²) in [5.41, 5.74) is -0.165. The van der Waals surface area contributed by atoms with E-state index in [1.807, 2.05) is 24.3 Å². The summed E-state index contributed by atoms with van der Waals surface area (Å²) in [5, 5.41) is 9.61. The molecule has 0 radical (unpaired) electrons. The first kappa shape index (κ1) is 24.0. The van der Waals surface area contributed by atoms with Crippen LogP contribution < -0.4 is 4.74 Å². The van der Waals surface area contributed by atoms with Gasteiger partial charge in [0.15, 0.2) is 0 Å². The Morgan fingerprint density at radius 1 is 1.06 bits per heavy atom. The van der Waals surface area contributed by atoms with Crippen molar-refractivity contribution in [3.05, 3.63) is 72.1 Å². The van der Waals surface area contributed by atoms with Gasteiger partial charge in [-0.2, -0.15) is 9.65 Å². The lowest BCUT2D eigenvalue weighted by molar-refractivity contribution is -0.149. The van der Waals surface area contributed by atoms with Gasteiger partial charge in [0.05, 0.1) is 12.0 Å². The number of allylic oxidation sites excluding steroid dienone is 1. The van der Waals surface area contributed by atoms with Crippen LogP contribution in [0.3, 0.4) is 0 Å². The number of para-hydroxylation sites is 1. The Balaban J connectivity index is 1.69. The Morgan fingerprint density at radius 3 is 2.36 bits per heavy atom. The molecular formula is C26H26FNO5. The second-order valence-electron chi connectivity index (χ2n) is 8.73. The Morgan fingerprint density at radius 2 is 1.73 bits per heavy atom. The molecule has 3 atom stereocenters. The third kappa shape index (κ3) is 5.78. The van der Waals surface area contributed by atoms with Crippen LogP contribution in [0, 0.1) is 28.6 Å². The van der Waals surface area contributed by atoms with Crippen molar-refractivity contribution in [2.75, 3.05) is 0 Å². The highest BCUT2D eigenvalue weighted by molar-refractivity contribution is 5.87. The summed E-state index contributed by atoms with van der Waals surface area (Å²) in [7, 11) is 0. The van der Waals surface area contributed by atoms with Gasteiger partial charge in [0, 0.05) is 5.56 Å². The summed E-state index contributed by atoms with van der Waals surface area (Å²) >= 11 is 0. The van der Waals surface area contributed by atoms with E-state index in [-0.39, 0.29) is 0 Å². The molecule has 0 bridgehead atoms. The largest absolute Gasteiger partial charge is 0.458 e. The maximum Gasteiger partial charge on any atom is 0.367 e. The van der Waals surface area contributed by atoms with E-state index in [0.29, 0.717) is 17.1 Å². The number of ether oxygens (including phenoxy) is 3. The molecule has 0 saturated heterocycles. The molecular weight excluding hydrogens is 425 g/mol. The molecule has 0 aromatic heterocycles. The van der Waals surface area contributed by atoms with Crippen LogP contribution in [0.1, 0.15) is 39.4 Å². The lowest BCUT2D eigenvalue weighted by Crippen LogP contribution is -2.14. The maximum atomic E-state index is 14.2. The van der Waals surface area contributed by atoms with Gasteiger partial charge in [-0.3, -0.25) is 4.79 Å². The Hall–Kier alpha value is -3.66. The summed E-state index contributed by atoms with van der Waals surface area (Å²) in [5.74, 6) is -2.84. The molecule has 0 aliphatic heterocycles. The highest BCUT2D eigenvalue weighted by atomic mass is 19.1. The fourth-order valence-corrected chi connectivity index (χ4v) is 3.66. The molecule has 6 nitrogen and oxygen atoms in total. The topological polar surface area (TPSA) is 85.6 Å². The minimum atomic E-state index is -1.16. The molecule has 2 aromatic rings. The first-order valence-electron chi connectivity index (χ1n) is 10.6. The van der Waals surface area contributed by atoms with Gasteiger partial charge in [0.2, 0.25) is 11.9 Å². The Kier molecular flexibility index (Phi) is 7.17. The lowest BCUT2D eigenvalue weighted by Gasteiger charge is -2.13. The van der Waals surface area contributed by atoms with Gasteiger partial charge in [0.1, 0.15) is 17.6 Å². The summed E-state index contributed by atoms with van der Waals surface area (Å²) in [6.45, 7) is 6.79. The molecule has 0 N–H and O–H groups in total. The van der Waals surface area contributed by atoms with Gasteiger partial charge in [-0.25, -0.2) is 4.79 Å². The molecule has 3 rings (SSSR count). The number of carbonyl (C=O) groups is 2. The van der Waals surface area contributed by atoms with E-state index in [1.54, 1.807) is 64.1 Å². The van der Waals surface area contributed by atoms with Crippen LogP contribution in [-0.2, 0) is 19.1 Å². The summed E-state index contributed by atoms with van der Waals surface area (Å²) in [4.78, 5) is 24.5. The standard InChI is InChI=1S/C26H26FNO5/c1-16(2)31-24(29)21(27)14-20-23(26(20,3)4)25(30)33-22(15-28)17-9-8-12-19(13-17)32-18-10-6-5-7-11-18/h5-14,16,20,22-23H,1-4H3/b21-14+/t20-,22+,23-/m0/s1. The van der Waals surface area contributed by atoms with Crippen LogP contribution in [0.5, 0.6) is 11.5 Å². The number of esters is 2. The van der Waals surface area contributed by atoms with Crippen LogP contribution in [0.2, 0.25) is 0 Å². The number of carbonyl (C=O) groups excluding carboxylic acids is 2. The van der Waals surface area contributed by atoms with Crippen molar-refractivity contribution < 1.29 is 28.2 Å². The zero-order valence-electron chi connectivity index (χ0n) is 18.9. The quantitative estimate of drug-likeness (QED) is 0.380. The molecule has 1 saturated carbocycles. The van der Waals surface area contributed by atoms with Crippen molar-refractivity contribution in [2.45, 2.75) is 39.9 Å². The van der Waals surface area contributed by atoms with Gasteiger partial charge >= 0.3 is 11.9 Å². The van der Waals surface area contributed by atoms with Gasteiger partial charge in [-0.15, -0.1) is 0 Å². The van der Waals surface area contributed by atoms with E-state index >= 15 is 0 Å². The number of hydrogen-bond donors (Lipinski definition) is 0. The molecule has 1 aliphatic carbocycles. The van der Waals surface area contributed by atoms with E-state index in [9.17, 15) is 19.2 Å². The molecule has 0 spiro atoms. The molecule has 7 heteroatoms. The highest BCUT2D eigenvalue weighted by Crippen LogP contribution is 2.60. The van der Waals surface area contributed by atoms with Crippen molar-refractivity contribution in [1.82, 2.24) is 0 Å². The summed E-state index contributed by atoms with van der Waals surface area (Å²) in [6, 6.07) is 17.9. The first-order valence-corrected chi connectivity index (χ1v) is 10.6. The minimum Gasteiger partial charge on any atom is -0.458 e. The smallest absolute Gasteiger partial charge is 0.367 e. The molecule has 1 aliphatic rings. The predicted octanol–water partition coefficient (Wildman–Crippen LogP) is 5.66. The number of rotatable bonds is 8. The van der Waals surface area contributed by atoms with Crippen LogP contribution in [0.4, 0.5) is 4.39 Å². The van der Waals surface area contributed by atoms with Crippen molar-refractivity contribution in [3.63, 3.8) is 0 Å². The van der Waals surface area contributed by atoms with E-state index in [2.05, 4.69) is 0 Å². The monoisotopic (exact) mass is 451 g/mol. The zero-order valence-corrected chi connectivity index (χ0v) is 18.9. The van der Waals surface area contributed by atoms with Crippen LogP contribution in [0.15, 0.2) is 66.5 Å². The van der Waals surface area contributed by atoms with Gasteiger partial charge in [-0.1, -0.05) is 44.2 Å². The van der Waals surface area contributed by atoms with Crippen LogP contribution in [-0.4, -0.2) is 18.0 Å². The number of halogens is 1. The minimum absolute atomic E-state index is 0.455. The van der Waals surface area contributed by atoms with Gasteiger partial charge < -0.3 is 14.2 Å². The average Bonchev–Trinajstić information content (AvgIpc) is 3.31. The Labute approximate surface area is 192 Å². The van der Waals surface area contributed by atoms with Crippen molar-refractivity contribution >= 4 is 11.9 Å². The van der Waals surface area contributed by atoms with Crippen molar-refractivity contribution in [3.8, 4) is 17.6 Å². The maximum absolute atomic E-state index is 14.2. The average molecular weight is 451 g/mol. The predicted molar refractivity (Wildman–Crippen MR) is 119 cm³/mol. The fourth-order valence-electron chi connectivity index (χ4n) is 3.66. The summed E-state index contributed by atoms with van der Waals surface area (Å²) in [6.07, 6.45) is -0.511. The third-order valence-corrected chi connectivity index (χ3v) is 5.52. The second kappa shape index (κ2) is 9.86. The van der Waals surface area contributed by atoms with Crippen molar-refractivity contribution in [2.24, 2.45) is 17.3 Å². The molecule has 2 aromatic carbocycles. The van der Waals surface area contributed by atoms with Gasteiger partial charge in [-0.05, 0) is 55.5 Å². The number of hydrogen-bond acceptors (Lipinski definition) is 6. The SMILES string of the molecule is CC(C)OC(=O)/C(F)=C\[C@H]1[C@@H](C(=O)O[C@H](C#N)c2cccc(Oc3ccccc3)c2)C1(C)C. The van der Waals surface area contributed by atoms with Crippen molar-refractivity contribution in [1.29, 1.82) is 5.26 Å². The summed E-state index contributed by atoms with van der Waals surface area (Å²) < 4.78 is 30.3. The van der Waals surface area contributed by atoms with E-state index in [1.165, 1.54) is 0 Å². The first-order chi connectivity index (χ1) is 15.6. The zero-order chi connectivity index (χ0) is 24.2. The van der Waals surface area contributed by atoms with Gasteiger partial charge in [0.25, 0.3) is 0 Å². The molecule has 1 fully saturated rings. The fraction of sp³-hybridized carbons (Fsp3) is 0.346. The molecule has 172 valence electrons. The molecule has 0 amide bonds. The number of nitrogens with zero attached hydrogens (tertiary/aromatic N) is 1. The lowest BCUT2D eigenvalue weighted by atomic mass is 10.1. The van der Waals surface area contributed by atoms with E-state index in [4.69, 9.17) is 14.2 Å².